The van der Waals surface area contributed by atoms with Gasteiger partial charge in [-0.05, 0) is 12.1 Å². The first-order valence-electron chi connectivity index (χ1n) is 6.28. The molecule has 1 saturated heterocycles. The minimum atomic E-state index is -4.48. The van der Waals surface area contributed by atoms with E-state index in [-0.39, 0.29) is 10.8 Å². The van der Waals surface area contributed by atoms with E-state index in [1.165, 1.54) is 13.2 Å². The van der Waals surface area contributed by atoms with E-state index in [2.05, 4.69) is 10.2 Å². The van der Waals surface area contributed by atoms with Gasteiger partial charge in [-0.15, -0.1) is 0 Å². The first-order valence-corrected chi connectivity index (χ1v) is 6.66. The van der Waals surface area contributed by atoms with Crippen LogP contribution in [0.15, 0.2) is 12.1 Å². The molecule has 1 aromatic rings. The van der Waals surface area contributed by atoms with Crippen LogP contribution in [0.2, 0.25) is 5.02 Å². The molecule has 7 heteroatoms. The highest BCUT2D eigenvalue weighted by Gasteiger charge is 2.36. The average Bonchev–Trinajstić information content (AvgIpc) is 2.38. The van der Waals surface area contributed by atoms with Gasteiger partial charge in [0, 0.05) is 43.3 Å². The molecule has 0 bridgehead atoms. The van der Waals surface area contributed by atoms with Crippen LogP contribution in [0.4, 0.5) is 13.2 Å². The normalized spacial score (nSPS) is 17.2. The van der Waals surface area contributed by atoms with Gasteiger partial charge in [-0.1, -0.05) is 11.6 Å². The molecule has 1 fully saturated rings. The predicted molar refractivity (Wildman–Crippen MR) is 71.2 cm³/mol. The van der Waals surface area contributed by atoms with Crippen LogP contribution in [0.1, 0.15) is 11.1 Å². The molecule has 0 radical (unpaired) electrons. The summed E-state index contributed by atoms with van der Waals surface area (Å²) in [7, 11) is 1.25. The number of benzene rings is 1. The summed E-state index contributed by atoms with van der Waals surface area (Å²) in [6.07, 6.45) is -4.48. The van der Waals surface area contributed by atoms with Gasteiger partial charge in [-0.3, -0.25) is 4.90 Å². The molecule has 3 nitrogen and oxygen atoms in total. The molecule has 0 aliphatic carbocycles. The van der Waals surface area contributed by atoms with Crippen molar-refractivity contribution in [3.8, 4) is 5.75 Å². The summed E-state index contributed by atoms with van der Waals surface area (Å²) in [6, 6.07) is 2.44. The lowest BCUT2D eigenvalue weighted by Gasteiger charge is -2.28. The van der Waals surface area contributed by atoms with Gasteiger partial charge in [0.25, 0.3) is 0 Å². The molecule has 2 rings (SSSR count). The number of rotatable bonds is 3. The minimum absolute atomic E-state index is 0.0725. The zero-order valence-electron chi connectivity index (χ0n) is 11.1. The third-order valence-corrected chi connectivity index (χ3v) is 3.46. The van der Waals surface area contributed by atoms with Crippen LogP contribution in [0.25, 0.3) is 0 Å². The van der Waals surface area contributed by atoms with Gasteiger partial charge >= 0.3 is 6.18 Å². The summed E-state index contributed by atoms with van der Waals surface area (Å²) in [5, 5.41) is 3.27. The fraction of sp³-hybridized carbons (Fsp3) is 0.538. The van der Waals surface area contributed by atoms with Crippen molar-refractivity contribution in [2.45, 2.75) is 12.7 Å². The van der Waals surface area contributed by atoms with E-state index >= 15 is 0 Å². The Morgan fingerprint density at radius 2 is 1.95 bits per heavy atom. The van der Waals surface area contributed by atoms with E-state index in [1.807, 2.05) is 0 Å². The summed E-state index contributed by atoms with van der Waals surface area (Å²) in [6.45, 7) is 3.63. The Kier molecular flexibility index (Phi) is 4.78. The number of methoxy groups -OCH3 is 1. The molecule has 1 aromatic carbocycles. The summed E-state index contributed by atoms with van der Waals surface area (Å²) in [5.41, 5.74) is -0.355. The van der Waals surface area contributed by atoms with Crippen molar-refractivity contribution in [2.75, 3.05) is 33.3 Å². The van der Waals surface area contributed by atoms with Crippen LogP contribution in [-0.4, -0.2) is 38.2 Å². The number of nitrogens with one attached hydrogen (secondary N) is 1. The molecule has 0 spiro atoms. The lowest BCUT2D eigenvalue weighted by Crippen LogP contribution is -2.43. The molecule has 112 valence electrons. The molecule has 1 N–H and O–H groups in total. The zero-order chi connectivity index (χ0) is 14.8. The van der Waals surface area contributed by atoms with Crippen LogP contribution in [0.5, 0.6) is 5.75 Å². The number of hydrogen-bond acceptors (Lipinski definition) is 3. The highest BCUT2D eigenvalue weighted by Crippen LogP contribution is 2.40. The van der Waals surface area contributed by atoms with Crippen molar-refractivity contribution in [3.63, 3.8) is 0 Å². The van der Waals surface area contributed by atoms with Gasteiger partial charge in [-0.2, -0.15) is 13.2 Å². The van der Waals surface area contributed by atoms with Crippen LogP contribution in [0.3, 0.4) is 0 Å². The highest BCUT2D eigenvalue weighted by atomic mass is 35.5. The smallest absolute Gasteiger partial charge is 0.420 e. The number of piperazine rings is 1. The molecular formula is C13H16ClF3N2O. The fourth-order valence-corrected chi connectivity index (χ4v) is 2.57. The maximum absolute atomic E-state index is 13.0. The summed E-state index contributed by atoms with van der Waals surface area (Å²) in [5.74, 6) is -0.138. The Bertz CT molecular complexity index is 473. The van der Waals surface area contributed by atoms with Crippen molar-refractivity contribution in [2.24, 2.45) is 0 Å². The van der Waals surface area contributed by atoms with Gasteiger partial charge in [0.2, 0.25) is 0 Å². The van der Waals surface area contributed by atoms with E-state index in [9.17, 15) is 13.2 Å². The van der Waals surface area contributed by atoms with E-state index in [0.29, 0.717) is 12.1 Å². The molecule has 0 atom stereocenters. The molecule has 1 aliphatic heterocycles. The second kappa shape index (κ2) is 6.20. The first kappa shape index (κ1) is 15.4. The molecule has 0 aromatic heterocycles. The van der Waals surface area contributed by atoms with Crippen molar-refractivity contribution in [1.29, 1.82) is 0 Å². The molecule has 1 aliphatic rings. The summed E-state index contributed by atoms with van der Waals surface area (Å²) >= 11 is 5.82. The minimum Gasteiger partial charge on any atom is -0.496 e. The number of nitrogens with zero attached hydrogens (tertiary/aromatic N) is 1. The molecule has 20 heavy (non-hydrogen) atoms. The Balaban J connectivity index is 2.33. The van der Waals surface area contributed by atoms with Crippen LogP contribution >= 0.6 is 11.6 Å². The second-order valence-electron chi connectivity index (χ2n) is 4.67. The van der Waals surface area contributed by atoms with Gasteiger partial charge in [-0.25, -0.2) is 0 Å². The van der Waals surface area contributed by atoms with E-state index < -0.39 is 11.7 Å². The zero-order valence-corrected chi connectivity index (χ0v) is 11.8. The van der Waals surface area contributed by atoms with Crippen molar-refractivity contribution in [3.05, 3.63) is 28.3 Å². The van der Waals surface area contributed by atoms with Crippen LogP contribution in [-0.2, 0) is 12.7 Å². The van der Waals surface area contributed by atoms with Gasteiger partial charge in [0.1, 0.15) is 5.75 Å². The van der Waals surface area contributed by atoms with Gasteiger partial charge in [0.05, 0.1) is 12.7 Å². The Morgan fingerprint density at radius 3 is 2.50 bits per heavy atom. The molecule has 0 amide bonds. The Morgan fingerprint density at radius 1 is 1.30 bits per heavy atom. The SMILES string of the molecule is COc1c(CN2CCNCC2)cc(Cl)cc1C(F)(F)F. The van der Waals surface area contributed by atoms with Crippen molar-refractivity contribution in [1.82, 2.24) is 10.2 Å². The van der Waals surface area contributed by atoms with Crippen molar-refractivity contribution >= 4 is 11.6 Å². The summed E-state index contributed by atoms with van der Waals surface area (Å²) in [4.78, 5) is 2.07. The first-order chi connectivity index (χ1) is 9.41. The van der Waals surface area contributed by atoms with Gasteiger partial charge < -0.3 is 10.1 Å². The number of alkyl halides is 3. The van der Waals surface area contributed by atoms with Crippen LogP contribution < -0.4 is 10.1 Å². The fourth-order valence-electron chi connectivity index (χ4n) is 2.33. The quantitative estimate of drug-likeness (QED) is 0.929. The summed E-state index contributed by atoms with van der Waals surface area (Å²) < 4.78 is 44.0. The molecule has 0 unspecified atom stereocenters. The van der Waals surface area contributed by atoms with E-state index in [1.54, 1.807) is 0 Å². The lowest BCUT2D eigenvalue weighted by atomic mass is 10.1. The number of ether oxygens (including phenoxy) is 1. The maximum Gasteiger partial charge on any atom is 0.420 e. The van der Waals surface area contributed by atoms with Gasteiger partial charge in [0.15, 0.2) is 0 Å². The van der Waals surface area contributed by atoms with Crippen molar-refractivity contribution < 1.29 is 17.9 Å². The highest BCUT2D eigenvalue weighted by molar-refractivity contribution is 6.30. The van der Waals surface area contributed by atoms with E-state index in [4.69, 9.17) is 16.3 Å². The number of halogens is 4. The van der Waals surface area contributed by atoms with Crippen LogP contribution in [0, 0.1) is 0 Å². The molecular weight excluding hydrogens is 293 g/mol. The molecule has 1 heterocycles. The Hall–Kier alpha value is -0.980. The molecule has 0 saturated carbocycles. The lowest BCUT2D eigenvalue weighted by molar-refractivity contribution is -0.138. The monoisotopic (exact) mass is 308 g/mol. The topological polar surface area (TPSA) is 24.5 Å². The predicted octanol–water partition coefficient (Wildman–Crippen LogP) is 2.77. The second-order valence-corrected chi connectivity index (χ2v) is 5.11. The standard InChI is InChI=1S/C13H16ClF3N2O/c1-20-12-9(8-19-4-2-18-3-5-19)6-10(14)7-11(12)13(15,16)17/h6-7,18H,2-5,8H2,1H3. The average molecular weight is 309 g/mol. The number of hydrogen-bond donors (Lipinski definition) is 1. The Labute approximate surface area is 120 Å². The van der Waals surface area contributed by atoms with E-state index in [0.717, 1.165) is 32.2 Å². The third-order valence-electron chi connectivity index (χ3n) is 3.24. The third kappa shape index (κ3) is 3.56. The largest absolute Gasteiger partial charge is 0.496 e. The maximum atomic E-state index is 13.0.